The minimum atomic E-state index is -0.624. The van der Waals surface area contributed by atoms with Crippen molar-refractivity contribution >= 4 is 5.82 Å². The first-order chi connectivity index (χ1) is 5.74. The van der Waals surface area contributed by atoms with Gasteiger partial charge in [-0.25, -0.2) is 11.3 Å². The standard InChI is InChI=1S/C5H5N5O2/c1-6-2-3-9-4-5(7-8-9)10(11)12/h4H,2-3H2. The molecule has 1 aromatic heterocycles. The number of nitro groups is 1. The van der Waals surface area contributed by atoms with Crippen LogP contribution in [0.1, 0.15) is 0 Å². The van der Waals surface area contributed by atoms with Gasteiger partial charge in [-0.1, -0.05) is 0 Å². The van der Waals surface area contributed by atoms with Crippen LogP contribution in [0, 0.1) is 16.7 Å². The Morgan fingerprint density at radius 2 is 2.58 bits per heavy atom. The summed E-state index contributed by atoms with van der Waals surface area (Å²) in [4.78, 5) is 12.6. The van der Waals surface area contributed by atoms with E-state index >= 15 is 0 Å². The molecule has 1 rings (SSSR count). The van der Waals surface area contributed by atoms with Crippen molar-refractivity contribution in [1.82, 2.24) is 15.0 Å². The molecule has 1 heterocycles. The minimum absolute atomic E-state index is 0.251. The fourth-order valence-corrected chi connectivity index (χ4v) is 0.634. The molecule has 0 N–H and O–H groups in total. The molecule has 1 aromatic rings. The van der Waals surface area contributed by atoms with Crippen LogP contribution in [-0.4, -0.2) is 26.5 Å². The van der Waals surface area contributed by atoms with E-state index in [4.69, 9.17) is 6.57 Å². The van der Waals surface area contributed by atoms with Crippen molar-refractivity contribution in [2.24, 2.45) is 0 Å². The van der Waals surface area contributed by atoms with Crippen molar-refractivity contribution in [1.29, 1.82) is 0 Å². The summed E-state index contributed by atoms with van der Waals surface area (Å²) in [6, 6.07) is 0. The van der Waals surface area contributed by atoms with Gasteiger partial charge in [-0.05, 0) is 4.92 Å². The molecular weight excluding hydrogens is 162 g/mol. The highest BCUT2D eigenvalue weighted by Crippen LogP contribution is 2.02. The van der Waals surface area contributed by atoms with Gasteiger partial charge in [0.1, 0.15) is 17.8 Å². The van der Waals surface area contributed by atoms with E-state index in [1.807, 2.05) is 0 Å². The van der Waals surface area contributed by atoms with Gasteiger partial charge in [-0.3, -0.25) is 0 Å². The van der Waals surface area contributed by atoms with Crippen LogP contribution < -0.4 is 0 Å². The smallest absolute Gasteiger partial charge is 0.358 e. The topological polar surface area (TPSA) is 78.2 Å². The van der Waals surface area contributed by atoms with Crippen LogP contribution in [-0.2, 0) is 6.54 Å². The van der Waals surface area contributed by atoms with Gasteiger partial charge in [0.15, 0.2) is 0 Å². The van der Waals surface area contributed by atoms with E-state index < -0.39 is 4.92 Å². The summed E-state index contributed by atoms with van der Waals surface area (Å²) in [5.41, 5.74) is 0. The van der Waals surface area contributed by atoms with Gasteiger partial charge in [-0.15, -0.1) is 0 Å². The van der Waals surface area contributed by atoms with E-state index in [-0.39, 0.29) is 12.4 Å². The van der Waals surface area contributed by atoms with Crippen LogP contribution in [0.2, 0.25) is 0 Å². The third kappa shape index (κ3) is 1.76. The lowest BCUT2D eigenvalue weighted by atomic mass is 10.6. The summed E-state index contributed by atoms with van der Waals surface area (Å²) < 4.78 is 1.27. The first-order valence-electron chi connectivity index (χ1n) is 3.12. The Morgan fingerprint density at radius 3 is 3.08 bits per heavy atom. The fourth-order valence-electron chi connectivity index (χ4n) is 0.634. The summed E-state index contributed by atoms with van der Waals surface area (Å²) in [6.45, 7) is 7.06. The van der Waals surface area contributed by atoms with Crippen molar-refractivity contribution in [2.75, 3.05) is 6.54 Å². The van der Waals surface area contributed by atoms with Crippen LogP contribution in [0.5, 0.6) is 0 Å². The molecular formula is C5H5N5O2. The van der Waals surface area contributed by atoms with Gasteiger partial charge in [0, 0.05) is 0 Å². The Morgan fingerprint density at radius 1 is 1.83 bits per heavy atom. The predicted molar refractivity (Wildman–Crippen MR) is 38.1 cm³/mol. The predicted octanol–water partition coefficient (Wildman–Crippen LogP) is 0.106. The largest absolute Gasteiger partial charge is 0.410 e. The summed E-state index contributed by atoms with van der Waals surface area (Å²) in [7, 11) is 0. The molecule has 62 valence electrons. The Kier molecular flexibility index (Phi) is 2.32. The average Bonchev–Trinajstić information content (AvgIpc) is 2.48. The third-order valence-corrected chi connectivity index (χ3v) is 1.15. The maximum absolute atomic E-state index is 10.1. The van der Waals surface area contributed by atoms with Crippen LogP contribution >= 0.6 is 0 Å². The van der Waals surface area contributed by atoms with Crippen molar-refractivity contribution in [3.05, 3.63) is 27.7 Å². The van der Waals surface area contributed by atoms with Gasteiger partial charge in [-0.2, -0.15) is 0 Å². The molecule has 0 unspecified atom stereocenters. The van der Waals surface area contributed by atoms with E-state index in [0.29, 0.717) is 6.54 Å². The molecule has 0 aliphatic rings. The Balaban J connectivity index is 2.66. The number of aromatic nitrogens is 3. The Hall–Kier alpha value is -1.97. The summed E-state index contributed by atoms with van der Waals surface area (Å²) in [5, 5.41) is 16.9. The normalized spacial score (nSPS) is 9.25. The molecule has 0 saturated heterocycles. The van der Waals surface area contributed by atoms with Gasteiger partial charge in [0.2, 0.25) is 6.54 Å². The number of nitrogens with zero attached hydrogens (tertiary/aromatic N) is 5. The second-order valence-corrected chi connectivity index (χ2v) is 1.98. The summed E-state index contributed by atoms with van der Waals surface area (Å²) in [6.07, 6.45) is 1.20. The molecule has 0 atom stereocenters. The molecule has 0 aliphatic heterocycles. The minimum Gasteiger partial charge on any atom is -0.358 e. The SMILES string of the molecule is [C-]#[N+]CCn1cc([N+](=O)[O-])nn1. The highest BCUT2D eigenvalue weighted by Gasteiger charge is 2.11. The van der Waals surface area contributed by atoms with Gasteiger partial charge >= 0.3 is 5.82 Å². The lowest BCUT2D eigenvalue weighted by Crippen LogP contribution is -2.00. The molecule has 12 heavy (non-hydrogen) atoms. The average molecular weight is 167 g/mol. The fraction of sp³-hybridized carbons (Fsp3) is 0.400. The van der Waals surface area contributed by atoms with Gasteiger partial charge in [0.05, 0.1) is 5.21 Å². The van der Waals surface area contributed by atoms with E-state index in [1.54, 1.807) is 0 Å². The van der Waals surface area contributed by atoms with Crippen molar-refractivity contribution in [3.63, 3.8) is 0 Å². The monoisotopic (exact) mass is 167 g/mol. The zero-order chi connectivity index (χ0) is 8.97. The van der Waals surface area contributed by atoms with Crippen LogP contribution in [0.25, 0.3) is 4.85 Å². The highest BCUT2D eigenvalue weighted by atomic mass is 16.6. The Bertz CT molecular complexity index is 325. The molecule has 0 radical (unpaired) electrons. The third-order valence-electron chi connectivity index (χ3n) is 1.15. The maximum atomic E-state index is 10.1. The molecule has 7 heteroatoms. The maximum Gasteiger partial charge on any atom is 0.410 e. The zero-order valence-electron chi connectivity index (χ0n) is 6.04. The van der Waals surface area contributed by atoms with E-state index in [9.17, 15) is 10.1 Å². The van der Waals surface area contributed by atoms with E-state index in [1.165, 1.54) is 10.9 Å². The molecule has 0 bridgehead atoms. The summed E-state index contributed by atoms with van der Waals surface area (Å²) >= 11 is 0. The van der Waals surface area contributed by atoms with Gasteiger partial charge in [0.25, 0.3) is 0 Å². The first-order valence-corrected chi connectivity index (χ1v) is 3.12. The Labute approximate surface area is 67.6 Å². The van der Waals surface area contributed by atoms with E-state index in [2.05, 4.69) is 15.2 Å². The number of hydrogen-bond acceptors (Lipinski definition) is 4. The number of rotatable bonds is 3. The molecule has 0 amide bonds. The summed E-state index contributed by atoms with van der Waals surface area (Å²) in [5.74, 6) is -0.292. The second kappa shape index (κ2) is 3.43. The van der Waals surface area contributed by atoms with Crippen LogP contribution in [0.15, 0.2) is 6.20 Å². The first kappa shape index (κ1) is 8.13. The van der Waals surface area contributed by atoms with E-state index in [0.717, 1.165) is 0 Å². The zero-order valence-corrected chi connectivity index (χ0v) is 6.04. The molecule has 0 spiro atoms. The van der Waals surface area contributed by atoms with Gasteiger partial charge < -0.3 is 15.0 Å². The van der Waals surface area contributed by atoms with Crippen LogP contribution in [0.4, 0.5) is 5.82 Å². The number of hydrogen-bond donors (Lipinski definition) is 0. The quantitative estimate of drug-likeness (QED) is 0.363. The van der Waals surface area contributed by atoms with Crippen molar-refractivity contribution in [2.45, 2.75) is 6.54 Å². The van der Waals surface area contributed by atoms with Crippen molar-refractivity contribution < 1.29 is 4.92 Å². The lowest BCUT2D eigenvalue weighted by molar-refractivity contribution is -0.389. The highest BCUT2D eigenvalue weighted by molar-refractivity contribution is 5.08. The molecule has 0 aromatic carbocycles. The molecule has 0 fully saturated rings. The second-order valence-electron chi connectivity index (χ2n) is 1.98. The van der Waals surface area contributed by atoms with Crippen molar-refractivity contribution in [3.8, 4) is 0 Å². The lowest BCUT2D eigenvalue weighted by Gasteiger charge is -1.86. The van der Waals surface area contributed by atoms with Crippen LogP contribution in [0.3, 0.4) is 0 Å². The molecule has 0 aliphatic carbocycles. The molecule has 7 nitrogen and oxygen atoms in total. The molecule has 0 saturated carbocycles.